The zero-order chi connectivity index (χ0) is 22.7. The van der Waals surface area contributed by atoms with Gasteiger partial charge in [-0.2, -0.15) is 5.10 Å². The lowest BCUT2D eigenvalue weighted by atomic mass is 10.1. The van der Waals surface area contributed by atoms with Crippen molar-refractivity contribution in [1.29, 1.82) is 0 Å². The van der Waals surface area contributed by atoms with E-state index in [4.69, 9.17) is 20.9 Å². The highest BCUT2D eigenvalue weighted by Gasteiger charge is 2.21. The summed E-state index contributed by atoms with van der Waals surface area (Å²) in [6, 6.07) is 13.5. The predicted octanol–water partition coefficient (Wildman–Crippen LogP) is 5.33. The highest BCUT2D eigenvalue weighted by Crippen LogP contribution is 2.25. The molecule has 0 aliphatic carbocycles. The minimum absolute atomic E-state index is 0.178. The molecule has 0 aliphatic heterocycles. The van der Waals surface area contributed by atoms with Gasteiger partial charge in [-0.3, -0.25) is 9.48 Å². The van der Waals surface area contributed by atoms with Gasteiger partial charge < -0.3 is 14.6 Å². The molecule has 0 unspecified atom stereocenters. The molecule has 1 N–H and O–H groups in total. The van der Waals surface area contributed by atoms with Gasteiger partial charge in [0.2, 0.25) is 0 Å². The molecule has 0 saturated carbocycles. The van der Waals surface area contributed by atoms with Crippen LogP contribution < -0.4 is 10.1 Å². The van der Waals surface area contributed by atoms with E-state index in [-0.39, 0.29) is 18.2 Å². The van der Waals surface area contributed by atoms with Gasteiger partial charge in [-0.25, -0.2) is 0 Å². The predicted molar refractivity (Wildman–Crippen MR) is 122 cm³/mol. The van der Waals surface area contributed by atoms with Crippen molar-refractivity contribution >= 4 is 23.2 Å². The van der Waals surface area contributed by atoms with Crippen LogP contribution in [0.5, 0.6) is 5.75 Å². The zero-order valence-electron chi connectivity index (χ0n) is 18.1. The van der Waals surface area contributed by atoms with E-state index in [9.17, 15) is 4.79 Å². The summed E-state index contributed by atoms with van der Waals surface area (Å²) in [5.74, 6) is 0.948. The number of ether oxygens (including phenoxy) is 1. The molecule has 0 bridgehead atoms. The number of amides is 1. The van der Waals surface area contributed by atoms with Gasteiger partial charge in [-0.05, 0) is 49.6 Å². The van der Waals surface area contributed by atoms with Gasteiger partial charge in [-0.1, -0.05) is 47.1 Å². The number of carbonyl (C=O) groups excluding carboxylic acids is 1. The Morgan fingerprint density at radius 1 is 1.16 bits per heavy atom. The van der Waals surface area contributed by atoms with Crippen molar-refractivity contribution in [3.8, 4) is 5.75 Å². The number of aromatic nitrogens is 3. The zero-order valence-corrected chi connectivity index (χ0v) is 18.8. The molecule has 0 radical (unpaired) electrons. The smallest absolute Gasteiger partial charge is 0.278 e. The Kier molecular flexibility index (Phi) is 6.28. The quantitative estimate of drug-likeness (QED) is 0.411. The molecule has 4 aromatic rings. The number of halogens is 1. The molecule has 1 amide bonds. The first-order chi connectivity index (χ1) is 15.4. The summed E-state index contributed by atoms with van der Waals surface area (Å²) in [7, 11) is 0. The molecule has 32 heavy (non-hydrogen) atoms. The topological polar surface area (TPSA) is 82.2 Å². The molecular weight excluding hydrogens is 428 g/mol. The molecule has 2 aromatic carbocycles. The van der Waals surface area contributed by atoms with E-state index >= 15 is 0 Å². The summed E-state index contributed by atoms with van der Waals surface area (Å²) in [5.41, 5.74) is 4.41. The molecule has 4 rings (SSSR count). The molecule has 0 fully saturated rings. The van der Waals surface area contributed by atoms with Crippen LogP contribution in [-0.2, 0) is 13.2 Å². The summed E-state index contributed by atoms with van der Waals surface area (Å²) in [6.45, 7) is 6.44. The first-order valence-electron chi connectivity index (χ1n) is 10.1. The van der Waals surface area contributed by atoms with E-state index in [1.165, 1.54) is 0 Å². The lowest BCUT2D eigenvalue weighted by Gasteiger charge is -2.12. The number of carbonyl (C=O) groups is 1. The summed E-state index contributed by atoms with van der Waals surface area (Å²) in [6.07, 6.45) is 3.33. The normalized spacial score (nSPS) is 10.9. The monoisotopic (exact) mass is 450 g/mol. The van der Waals surface area contributed by atoms with Crippen LogP contribution in [0, 0.1) is 20.8 Å². The highest BCUT2D eigenvalue weighted by atomic mass is 35.5. The second-order valence-corrected chi connectivity index (χ2v) is 8.02. The molecule has 0 spiro atoms. The SMILES string of the molecule is Cc1cccc(C)c1OCc1c(C(=O)Nc2cnn(Cc3cccc(Cl)c3)c2)noc1C. The van der Waals surface area contributed by atoms with Crippen LogP contribution in [0.4, 0.5) is 5.69 Å². The van der Waals surface area contributed by atoms with Crippen LogP contribution >= 0.6 is 11.6 Å². The number of anilines is 1. The molecule has 164 valence electrons. The van der Waals surface area contributed by atoms with E-state index in [0.29, 0.717) is 28.6 Å². The Morgan fingerprint density at radius 2 is 1.91 bits per heavy atom. The summed E-state index contributed by atoms with van der Waals surface area (Å²) in [5, 5.41) is 11.7. The van der Waals surface area contributed by atoms with Crippen molar-refractivity contribution in [3.05, 3.63) is 93.6 Å². The minimum atomic E-state index is -0.385. The summed E-state index contributed by atoms with van der Waals surface area (Å²) >= 11 is 6.04. The van der Waals surface area contributed by atoms with E-state index in [1.807, 2.05) is 56.3 Å². The molecule has 0 aliphatic rings. The number of hydrogen-bond donors (Lipinski definition) is 1. The third kappa shape index (κ3) is 4.84. The minimum Gasteiger partial charge on any atom is -0.488 e. The maximum absolute atomic E-state index is 12.9. The van der Waals surface area contributed by atoms with Crippen molar-refractivity contribution in [2.24, 2.45) is 0 Å². The molecular formula is C24H23ClN4O3. The molecule has 0 atom stereocenters. The fourth-order valence-corrected chi connectivity index (χ4v) is 3.65. The highest BCUT2D eigenvalue weighted by molar-refractivity contribution is 6.30. The van der Waals surface area contributed by atoms with E-state index in [0.717, 1.165) is 22.4 Å². The van der Waals surface area contributed by atoms with Gasteiger partial charge in [0, 0.05) is 11.2 Å². The second-order valence-electron chi connectivity index (χ2n) is 7.59. The van der Waals surface area contributed by atoms with Crippen LogP contribution in [-0.4, -0.2) is 20.8 Å². The van der Waals surface area contributed by atoms with Crippen molar-refractivity contribution < 1.29 is 14.1 Å². The number of rotatable bonds is 7. The van der Waals surface area contributed by atoms with Gasteiger partial charge in [0.25, 0.3) is 5.91 Å². The standard InChI is InChI=1S/C24H23ClN4O3/c1-15-6-4-7-16(2)23(15)31-14-21-17(3)32-28-22(21)24(30)27-20-11-26-29(13-20)12-18-8-5-9-19(25)10-18/h4-11,13H,12,14H2,1-3H3,(H,27,30). The average Bonchev–Trinajstić information content (AvgIpc) is 3.34. The van der Waals surface area contributed by atoms with Gasteiger partial charge in [0.15, 0.2) is 5.69 Å². The second kappa shape index (κ2) is 9.28. The first kappa shape index (κ1) is 21.6. The lowest BCUT2D eigenvalue weighted by molar-refractivity contribution is 0.101. The fraction of sp³-hybridized carbons (Fsp3) is 0.208. The van der Waals surface area contributed by atoms with Gasteiger partial charge in [0.05, 0.1) is 24.0 Å². The largest absolute Gasteiger partial charge is 0.488 e. The average molecular weight is 451 g/mol. The number of benzene rings is 2. The maximum atomic E-state index is 12.9. The van der Waals surface area contributed by atoms with Crippen molar-refractivity contribution in [3.63, 3.8) is 0 Å². The molecule has 7 nitrogen and oxygen atoms in total. The number of nitrogens with zero attached hydrogens (tertiary/aromatic N) is 3. The first-order valence-corrected chi connectivity index (χ1v) is 10.5. The van der Waals surface area contributed by atoms with Crippen molar-refractivity contribution in [2.75, 3.05) is 5.32 Å². The Balaban J connectivity index is 1.45. The Hall–Kier alpha value is -3.58. The van der Waals surface area contributed by atoms with E-state index in [1.54, 1.807) is 24.0 Å². The Bertz CT molecular complexity index is 1240. The van der Waals surface area contributed by atoms with E-state index < -0.39 is 0 Å². The van der Waals surface area contributed by atoms with Crippen LogP contribution in [0.3, 0.4) is 0 Å². The Labute approximate surface area is 190 Å². The van der Waals surface area contributed by atoms with Crippen LogP contribution in [0.1, 0.15) is 38.5 Å². The fourth-order valence-electron chi connectivity index (χ4n) is 3.44. The summed E-state index contributed by atoms with van der Waals surface area (Å²) in [4.78, 5) is 12.9. The third-order valence-electron chi connectivity index (χ3n) is 5.09. The van der Waals surface area contributed by atoms with E-state index in [2.05, 4.69) is 15.6 Å². The number of nitrogens with one attached hydrogen (secondary N) is 1. The maximum Gasteiger partial charge on any atom is 0.278 e. The molecule has 2 aromatic heterocycles. The lowest BCUT2D eigenvalue weighted by Crippen LogP contribution is -2.15. The van der Waals surface area contributed by atoms with Crippen LogP contribution in [0.2, 0.25) is 5.02 Å². The van der Waals surface area contributed by atoms with Gasteiger partial charge in [-0.15, -0.1) is 0 Å². The van der Waals surface area contributed by atoms with Gasteiger partial charge >= 0.3 is 0 Å². The number of para-hydroxylation sites is 1. The molecule has 8 heteroatoms. The number of hydrogen-bond acceptors (Lipinski definition) is 5. The third-order valence-corrected chi connectivity index (χ3v) is 5.33. The molecule has 2 heterocycles. The van der Waals surface area contributed by atoms with Crippen molar-refractivity contribution in [1.82, 2.24) is 14.9 Å². The summed E-state index contributed by atoms with van der Waals surface area (Å²) < 4.78 is 13.0. The van der Waals surface area contributed by atoms with Crippen LogP contribution in [0.25, 0.3) is 0 Å². The van der Waals surface area contributed by atoms with Crippen LogP contribution in [0.15, 0.2) is 59.4 Å². The number of aryl methyl sites for hydroxylation is 3. The Morgan fingerprint density at radius 3 is 2.66 bits per heavy atom. The van der Waals surface area contributed by atoms with Gasteiger partial charge in [0.1, 0.15) is 18.1 Å². The molecule has 0 saturated heterocycles. The van der Waals surface area contributed by atoms with Crippen molar-refractivity contribution in [2.45, 2.75) is 33.9 Å².